The van der Waals surface area contributed by atoms with Crippen LogP contribution in [0.25, 0.3) is 0 Å². The Morgan fingerprint density at radius 3 is 2.20 bits per heavy atom. The van der Waals surface area contributed by atoms with Crippen LogP contribution >= 0.6 is 0 Å². The van der Waals surface area contributed by atoms with E-state index in [1.165, 1.54) is 5.56 Å². The lowest BCUT2D eigenvalue weighted by Gasteiger charge is -2.17. The summed E-state index contributed by atoms with van der Waals surface area (Å²) in [6.45, 7) is 0. The minimum Gasteiger partial charge on any atom is -0.353 e. The Labute approximate surface area is 119 Å². The van der Waals surface area contributed by atoms with Crippen LogP contribution in [-0.4, -0.2) is 11.9 Å². The summed E-state index contributed by atoms with van der Waals surface area (Å²) in [5, 5.41) is 3.13. The Kier molecular flexibility index (Phi) is 3.82. The van der Waals surface area contributed by atoms with Crippen LogP contribution in [0.1, 0.15) is 29.9 Å². The summed E-state index contributed by atoms with van der Waals surface area (Å²) in [6.07, 6.45) is 3.00. The number of hydrogen-bond donors (Lipinski definition) is 1. The minimum atomic E-state index is -0.0980. The van der Waals surface area contributed by atoms with Crippen molar-refractivity contribution in [2.24, 2.45) is 0 Å². The van der Waals surface area contributed by atoms with Crippen LogP contribution in [0.2, 0.25) is 0 Å². The minimum absolute atomic E-state index is 0.0980. The maximum Gasteiger partial charge on any atom is 0.228 e. The van der Waals surface area contributed by atoms with Crippen molar-refractivity contribution in [2.75, 3.05) is 0 Å². The highest BCUT2D eigenvalue weighted by molar-refractivity contribution is 5.84. The van der Waals surface area contributed by atoms with Gasteiger partial charge in [-0.05, 0) is 30.4 Å². The number of hydrogen-bond acceptors (Lipinski definition) is 1. The fourth-order valence-electron chi connectivity index (χ4n) is 2.43. The van der Waals surface area contributed by atoms with Crippen LogP contribution in [-0.2, 0) is 11.2 Å². The molecule has 1 amide bonds. The van der Waals surface area contributed by atoms with Gasteiger partial charge in [-0.3, -0.25) is 4.79 Å². The zero-order valence-corrected chi connectivity index (χ0v) is 11.5. The molecule has 0 aliphatic heterocycles. The molecule has 0 unspecified atom stereocenters. The van der Waals surface area contributed by atoms with Crippen LogP contribution < -0.4 is 5.32 Å². The molecule has 1 aliphatic rings. The fraction of sp³-hybridized carbons (Fsp3) is 0.278. The smallest absolute Gasteiger partial charge is 0.228 e. The standard InChI is InChI=1S/C18H19NO/c20-18(19-16-11-12-16)17(15-9-5-2-6-10-15)13-14-7-3-1-4-8-14/h1-10,16-17H,11-13H2,(H,19,20)/t17-/m1/s1. The maximum atomic E-state index is 12.5. The second-order valence-electron chi connectivity index (χ2n) is 5.44. The normalized spacial score (nSPS) is 15.6. The topological polar surface area (TPSA) is 29.1 Å². The first-order chi connectivity index (χ1) is 9.83. The van der Waals surface area contributed by atoms with Crippen LogP contribution in [0.15, 0.2) is 60.7 Å². The molecule has 20 heavy (non-hydrogen) atoms. The van der Waals surface area contributed by atoms with E-state index in [2.05, 4.69) is 17.4 Å². The summed E-state index contributed by atoms with van der Waals surface area (Å²) in [6, 6.07) is 20.7. The summed E-state index contributed by atoms with van der Waals surface area (Å²) in [7, 11) is 0. The fourth-order valence-corrected chi connectivity index (χ4v) is 2.43. The van der Waals surface area contributed by atoms with Gasteiger partial charge in [-0.2, -0.15) is 0 Å². The predicted molar refractivity (Wildman–Crippen MR) is 80.5 cm³/mol. The third kappa shape index (κ3) is 3.27. The van der Waals surface area contributed by atoms with E-state index < -0.39 is 0 Å². The average molecular weight is 265 g/mol. The van der Waals surface area contributed by atoms with Gasteiger partial charge in [-0.25, -0.2) is 0 Å². The van der Waals surface area contributed by atoms with Crippen LogP contribution in [0.5, 0.6) is 0 Å². The summed E-state index contributed by atoms with van der Waals surface area (Å²) in [5.41, 5.74) is 2.29. The Hall–Kier alpha value is -2.09. The molecular weight excluding hydrogens is 246 g/mol. The Morgan fingerprint density at radius 1 is 1.00 bits per heavy atom. The summed E-state index contributed by atoms with van der Waals surface area (Å²) < 4.78 is 0. The molecule has 1 fully saturated rings. The third-order valence-corrected chi connectivity index (χ3v) is 3.72. The first-order valence-electron chi connectivity index (χ1n) is 7.22. The monoisotopic (exact) mass is 265 g/mol. The molecule has 2 aromatic rings. The largest absolute Gasteiger partial charge is 0.353 e. The molecule has 102 valence electrons. The molecule has 0 heterocycles. The molecule has 0 radical (unpaired) electrons. The van der Waals surface area contributed by atoms with Gasteiger partial charge in [0.05, 0.1) is 5.92 Å². The van der Waals surface area contributed by atoms with Crippen LogP contribution in [0.3, 0.4) is 0 Å². The maximum absolute atomic E-state index is 12.5. The van der Waals surface area contributed by atoms with E-state index >= 15 is 0 Å². The quantitative estimate of drug-likeness (QED) is 0.883. The number of nitrogens with one attached hydrogen (secondary N) is 1. The van der Waals surface area contributed by atoms with E-state index in [0.717, 1.165) is 24.8 Å². The molecular formula is C18H19NO. The van der Waals surface area contributed by atoms with E-state index in [1.54, 1.807) is 0 Å². The second kappa shape index (κ2) is 5.91. The van der Waals surface area contributed by atoms with E-state index in [-0.39, 0.29) is 11.8 Å². The van der Waals surface area contributed by atoms with Gasteiger partial charge in [0.15, 0.2) is 0 Å². The Morgan fingerprint density at radius 2 is 1.60 bits per heavy atom. The zero-order chi connectivity index (χ0) is 13.8. The number of carbonyl (C=O) groups excluding carboxylic acids is 1. The van der Waals surface area contributed by atoms with Crippen molar-refractivity contribution in [3.63, 3.8) is 0 Å². The van der Waals surface area contributed by atoms with Gasteiger partial charge in [0.2, 0.25) is 5.91 Å². The predicted octanol–water partition coefficient (Wildman–Crippen LogP) is 3.29. The van der Waals surface area contributed by atoms with Crippen molar-refractivity contribution in [1.29, 1.82) is 0 Å². The van der Waals surface area contributed by atoms with Gasteiger partial charge in [-0.15, -0.1) is 0 Å². The van der Waals surface area contributed by atoms with Gasteiger partial charge in [0.1, 0.15) is 0 Å². The van der Waals surface area contributed by atoms with Gasteiger partial charge in [0.25, 0.3) is 0 Å². The van der Waals surface area contributed by atoms with Crippen molar-refractivity contribution >= 4 is 5.91 Å². The van der Waals surface area contributed by atoms with E-state index in [0.29, 0.717) is 6.04 Å². The van der Waals surface area contributed by atoms with Crippen LogP contribution in [0, 0.1) is 0 Å². The second-order valence-corrected chi connectivity index (χ2v) is 5.44. The molecule has 2 heteroatoms. The van der Waals surface area contributed by atoms with E-state index in [1.807, 2.05) is 48.5 Å². The SMILES string of the molecule is O=C(NC1CC1)[C@H](Cc1ccccc1)c1ccccc1. The molecule has 1 atom stereocenters. The highest BCUT2D eigenvalue weighted by Gasteiger charge is 2.28. The Bertz CT molecular complexity index is 560. The molecule has 0 aromatic heterocycles. The van der Waals surface area contributed by atoms with Crippen LogP contribution in [0.4, 0.5) is 0 Å². The lowest BCUT2D eigenvalue weighted by atomic mass is 9.91. The zero-order valence-electron chi connectivity index (χ0n) is 11.5. The average Bonchev–Trinajstić information content (AvgIpc) is 3.30. The van der Waals surface area contributed by atoms with Crippen molar-refractivity contribution < 1.29 is 4.79 Å². The van der Waals surface area contributed by atoms with Crippen molar-refractivity contribution in [1.82, 2.24) is 5.32 Å². The molecule has 3 rings (SSSR count). The lowest BCUT2D eigenvalue weighted by molar-refractivity contribution is -0.122. The molecule has 2 nitrogen and oxygen atoms in total. The Balaban J connectivity index is 1.81. The molecule has 1 saturated carbocycles. The molecule has 0 spiro atoms. The van der Waals surface area contributed by atoms with Crippen molar-refractivity contribution in [3.8, 4) is 0 Å². The highest BCUT2D eigenvalue weighted by Crippen LogP contribution is 2.24. The van der Waals surface area contributed by atoms with Gasteiger partial charge < -0.3 is 5.32 Å². The van der Waals surface area contributed by atoms with Crippen molar-refractivity contribution in [2.45, 2.75) is 31.2 Å². The summed E-state index contributed by atoms with van der Waals surface area (Å²) in [4.78, 5) is 12.5. The molecule has 0 bridgehead atoms. The number of benzene rings is 2. The number of rotatable bonds is 5. The highest BCUT2D eigenvalue weighted by atomic mass is 16.2. The number of carbonyl (C=O) groups is 1. The van der Waals surface area contributed by atoms with Gasteiger partial charge in [-0.1, -0.05) is 60.7 Å². The number of amides is 1. The van der Waals surface area contributed by atoms with E-state index in [9.17, 15) is 4.79 Å². The van der Waals surface area contributed by atoms with Crippen molar-refractivity contribution in [3.05, 3.63) is 71.8 Å². The lowest BCUT2D eigenvalue weighted by Crippen LogP contribution is -2.32. The molecule has 0 saturated heterocycles. The van der Waals surface area contributed by atoms with E-state index in [4.69, 9.17) is 0 Å². The molecule has 1 N–H and O–H groups in total. The van der Waals surface area contributed by atoms with Gasteiger partial charge in [0, 0.05) is 6.04 Å². The van der Waals surface area contributed by atoms with Gasteiger partial charge >= 0.3 is 0 Å². The first-order valence-corrected chi connectivity index (χ1v) is 7.22. The molecule has 2 aromatic carbocycles. The third-order valence-electron chi connectivity index (χ3n) is 3.72. The summed E-state index contributed by atoms with van der Waals surface area (Å²) >= 11 is 0. The molecule has 1 aliphatic carbocycles. The summed E-state index contributed by atoms with van der Waals surface area (Å²) in [5.74, 6) is 0.0572. The first kappa shape index (κ1) is 12.9.